The fourth-order valence-electron chi connectivity index (χ4n) is 2.18. The van der Waals surface area contributed by atoms with Crippen molar-refractivity contribution >= 4 is 37.4 Å². The van der Waals surface area contributed by atoms with Gasteiger partial charge >= 0.3 is 0 Å². The number of fused-ring (bicyclic) bond motifs is 1. The molecule has 0 bridgehead atoms. The molecule has 0 saturated heterocycles. The average Bonchev–Trinajstić information content (AvgIpc) is 2.85. The molecule has 1 aromatic heterocycles. The predicted molar refractivity (Wildman–Crippen MR) is 83.6 cm³/mol. The number of hydrogen-bond acceptors (Lipinski definition) is 1. The molecule has 0 aliphatic carbocycles. The van der Waals surface area contributed by atoms with Crippen LogP contribution >= 0.6 is 27.3 Å². The summed E-state index contributed by atoms with van der Waals surface area (Å²) in [6.45, 7) is 1.60. The third kappa shape index (κ3) is 2.72. The molecule has 21 heavy (non-hydrogen) atoms. The van der Waals surface area contributed by atoms with Crippen LogP contribution in [0.15, 0.2) is 36.4 Å². The van der Waals surface area contributed by atoms with Crippen molar-refractivity contribution in [2.45, 2.75) is 11.8 Å². The van der Waals surface area contributed by atoms with E-state index < -0.39 is 16.5 Å². The van der Waals surface area contributed by atoms with Gasteiger partial charge in [0.2, 0.25) is 0 Å². The summed E-state index contributed by atoms with van der Waals surface area (Å²) < 4.78 is 41.3. The van der Waals surface area contributed by atoms with Crippen LogP contribution in [0.1, 0.15) is 20.8 Å². The highest BCUT2D eigenvalue weighted by molar-refractivity contribution is 9.09. The third-order valence-corrected chi connectivity index (χ3v) is 5.75. The van der Waals surface area contributed by atoms with Gasteiger partial charge in [0.15, 0.2) is 0 Å². The molecule has 2 aromatic carbocycles. The van der Waals surface area contributed by atoms with Gasteiger partial charge in [-0.05, 0) is 42.1 Å². The summed E-state index contributed by atoms with van der Waals surface area (Å²) in [5.41, 5.74) is 0.768. The van der Waals surface area contributed by atoms with Crippen molar-refractivity contribution in [3.05, 3.63) is 69.9 Å². The van der Waals surface area contributed by atoms with Crippen LogP contribution < -0.4 is 0 Å². The number of halogens is 4. The molecular weight excluding hydrogens is 361 g/mol. The standard InChI is InChI=1S/C16H10BrF3S/c1-8-4-11(13(20)7-12(8)19)16(17)15-5-9-2-3-10(18)6-14(9)21-15/h2-7,16H,1H3. The van der Waals surface area contributed by atoms with E-state index in [1.54, 1.807) is 13.0 Å². The summed E-state index contributed by atoms with van der Waals surface area (Å²) in [7, 11) is 0. The Bertz CT molecular complexity index is 826. The van der Waals surface area contributed by atoms with Gasteiger partial charge in [-0.25, -0.2) is 13.2 Å². The fraction of sp³-hybridized carbons (Fsp3) is 0.125. The maximum Gasteiger partial charge on any atom is 0.130 e. The molecule has 0 fully saturated rings. The maximum atomic E-state index is 14.0. The van der Waals surface area contributed by atoms with Crippen LogP contribution in [-0.4, -0.2) is 0 Å². The first-order valence-electron chi connectivity index (χ1n) is 6.24. The van der Waals surface area contributed by atoms with Crippen LogP contribution in [0.4, 0.5) is 13.2 Å². The zero-order valence-electron chi connectivity index (χ0n) is 11.0. The summed E-state index contributed by atoms with van der Waals surface area (Å²) in [4.78, 5) is 0.456. The molecule has 0 saturated carbocycles. The number of hydrogen-bond donors (Lipinski definition) is 0. The summed E-state index contributed by atoms with van der Waals surface area (Å²) in [6, 6.07) is 8.81. The summed E-state index contributed by atoms with van der Waals surface area (Å²) >= 11 is 4.84. The van der Waals surface area contributed by atoms with Gasteiger partial charge in [0.25, 0.3) is 0 Å². The van der Waals surface area contributed by atoms with E-state index in [0.717, 1.165) is 21.0 Å². The Labute approximate surface area is 132 Å². The normalized spacial score (nSPS) is 12.8. The lowest BCUT2D eigenvalue weighted by Crippen LogP contribution is -1.97. The molecule has 108 valence electrons. The number of rotatable bonds is 2. The monoisotopic (exact) mass is 370 g/mol. The van der Waals surface area contributed by atoms with Crippen LogP contribution in [0.2, 0.25) is 0 Å². The molecule has 0 amide bonds. The van der Waals surface area contributed by atoms with Gasteiger partial charge in [-0.3, -0.25) is 0 Å². The molecule has 0 spiro atoms. The van der Waals surface area contributed by atoms with Gasteiger partial charge in [-0.1, -0.05) is 22.0 Å². The van der Waals surface area contributed by atoms with Gasteiger partial charge in [0.05, 0.1) is 4.83 Å². The van der Waals surface area contributed by atoms with E-state index in [1.807, 2.05) is 6.07 Å². The lowest BCUT2D eigenvalue weighted by Gasteiger charge is -2.11. The van der Waals surface area contributed by atoms with Crippen molar-refractivity contribution in [2.24, 2.45) is 0 Å². The highest BCUT2D eigenvalue weighted by Gasteiger charge is 2.19. The zero-order valence-corrected chi connectivity index (χ0v) is 13.4. The summed E-state index contributed by atoms with van der Waals surface area (Å²) in [5.74, 6) is -1.45. The van der Waals surface area contributed by atoms with Gasteiger partial charge in [-0.2, -0.15) is 0 Å². The van der Waals surface area contributed by atoms with Gasteiger partial charge in [0, 0.05) is 21.2 Å². The minimum absolute atomic E-state index is 0.300. The quantitative estimate of drug-likeness (QED) is 0.477. The van der Waals surface area contributed by atoms with Crippen molar-refractivity contribution in [3.63, 3.8) is 0 Å². The molecule has 1 atom stereocenters. The maximum absolute atomic E-state index is 14.0. The second-order valence-corrected chi connectivity index (χ2v) is 6.85. The van der Waals surface area contributed by atoms with Crippen LogP contribution in [-0.2, 0) is 0 Å². The fourth-order valence-corrected chi connectivity index (χ4v) is 4.03. The first kappa shape index (κ1) is 14.6. The number of thiophene rings is 1. The van der Waals surface area contributed by atoms with E-state index in [-0.39, 0.29) is 5.82 Å². The molecule has 1 unspecified atom stereocenters. The first-order chi connectivity index (χ1) is 9.95. The SMILES string of the molecule is Cc1cc(C(Br)c2cc3ccc(F)cc3s2)c(F)cc1F. The minimum Gasteiger partial charge on any atom is -0.207 e. The molecule has 1 heterocycles. The molecular formula is C16H10BrF3S. The zero-order chi connectivity index (χ0) is 15.1. The second kappa shape index (κ2) is 5.46. The smallest absolute Gasteiger partial charge is 0.130 e. The molecule has 0 aliphatic heterocycles. The molecule has 5 heteroatoms. The van der Waals surface area contributed by atoms with E-state index in [4.69, 9.17) is 0 Å². The Kier molecular flexibility index (Phi) is 3.80. The molecule has 0 radical (unpaired) electrons. The van der Waals surface area contributed by atoms with Gasteiger partial charge in [0.1, 0.15) is 17.5 Å². The van der Waals surface area contributed by atoms with Crippen molar-refractivity contribution in [1.82, 2.24) is 0 Å². The minimum atomic E-state index is -0.594. The van der Waals surface area contributed by atoms with E-state index in [2.05, 4.69) is 15.9 Å². The predicted octanol–water partition coefficient (Wildman–Crippen LogP) is 6.11. The second-order valence-electron chi connectivity index (χ2n) is 4.82. The lowest BCUT2D eigenvalue weighted by atomic mass is 10.1. The van der Waals surface area contributed by atoms with Crippen molar-refractivity contribution in [3.8, 4) is 0 Å². The Morgan fingerprint density at radius 2 is 1.76 bits per heavy atom. The summed E-state index contributed by atoms with van der Waals surface area (Å²) in [6.07, 6.45) is 0. The average molecular weight is 371 g/mol. The van der Waals surface area contributed by atoms with Gasteiger partial charge < -0.3 is 0 Å². The van der Waals surface area contributed by atoms with Crippen LogP contribution in [0.3, 0.4) is 0 Å². The lowest BCUT2D eigenvalue weighted by molar-refractivity contribution is 0.569. The summed E-state index contributed by atoms with van der Waals surface area (Å²) in [5, 5.41) is 0.903. The topological polar surface area (TPSA) is 0 Å². The molecule has 0 N–H and O–H groups in total. The van der Waals surface area contributed by atoms with E-state index in [9.17, 15) is 13.2 Å². The van der Waals surface area contributed by atoms with E-state index in [0.29, 0.717) is 11.1 Å². The molecule has 0 aliphatic rings. The molecule has 3 rings (SSSR count). The number of benzene rings is 2. The van der Waals surface area contributed by atoms with Crippen LogP contribution in [0.25, 0.3) is 10.1 Å². The third-order valence-electron chi connectivity index (χ3n) is 3.30. The highest BCUT2D eigenvalue weighted by atomic mass is 79.9. The highest BCUT2D eigenvalue weighted by Crippen LogP contribution is 2.39. The van der Waals surface area contributed by atoms with Crippen LogP contribution in [0.5, 0.6) is 0 Å². The Morgan fingerprint density at radius 3 is 2.52 bits per heavy atom. The largest absolute Gasteiger partial charge is 0.207 e. The molecule has 3 aromatic rings. The Balaban J connectivity index is 2.07. The van der Waals surface area contributed by atoms with E-state index >= 15 is 0 Å². The number of aryl methyl sites for hydroxylation is 1. The first-order valence-corrected chi connectivity index (χ1v) is 7.97. The molecule has 0 nitrogen and oxygen atoms in total. The van der Waals surface area contributed by atoms with Crippen LogP contribution in [0, 0.1) is 24.4 Å². The van der Waals surface area contributed by atoms with Crippen molar-refractivity contribution in [1.29, 1.82) is 0 Å². The van der Waals surface area contributed by atoms with E-state index in [1.165, 1.54) is 29.5 Å². The number of alkyl halides is 1. The Hall–Kier alpha value is -1.33. The Morgan fingerprint density at radius 1 is 1.00 bits per heavy atom. The van der Waals surface area contributed by atoms with Gasteiger partial charge in [-0.15, -0.1) is 11.3 Å². The van der Waals surface area contributed by atoms with Crippen molar-refractivity contribution in [2.75, 3.05) is 0 Å². The van der Waals surface area contributed by atoms with Crippen molar-refractivity contribution < 1.29 is 13.2 Å².